The number of nitrogens with two attached hydrogens (primary N) is 1. The van der Waals surface area contributed by atoms with Crippen LogP contribution in [0.4, 0.5) is 5.69 Å². The van der Waals surface area contributed by atoms with Crippen LogP contribution in [0.15, 0.2) is 23.1 Å². The van der Waals surface area contributed by atoms with E-state index in [0.717, 1.165) is 9.87 Å². The standard InChI is InChI=1S/C13H21N3O3S/c1-5-11(14)13(17)15-12-8-10(7-6-9(12)2)20(18,19)16(3)4/h6-8,11H,5,14H2,1-4H3,(H,15,17)/t11-/m1/s1. The molecule has 0 bridgehead atoms. The van der Waals surface area contributed by atoms with Crippen molar-refractivity contribution < 1.29 is 13.2 Å². The highest BCUT2D eigenvalue weighted by molar-refractivity contribution is 7.89. The summed E-state index contributed by atoms with van der Waals surface area (Å²) in [6, 6.07) is 4.01. The number of aryl methyl sites for hydroxylation is 1. The van der Waals surface area contributed by atoms with Crippen LogP contribution >= 0.6 is 0 Å². The fraction of sp³-hybridized carbons (Fsp3) is 0.462. The molecule has 20 heavy (non-hydrogen) atoms. The van der Waals surface area contributed by atoms with Crippen molar-refractivity contribution in [3.05, 3.63) is 23.8 Å². The van der Waals surface area contributed by atoms with E-state index in [0.29, 0.717) is 12.1 Å². The molecule has 0 saturated carbocycles. The van der Waals surface area contributed by atoms with Crippen LogP contribution in [-0.4, -0.2) is 38.8 Å². The molecule has 1 amide bonds. The minimum atomic E-state index is -3.53. The molecule has 0 aromatic heterocycles. The molecule has 0 radical (unpaired) electrons. The highest BCUT2D eigenvalue weighted by Crippen LogP contribution is 2.22. The lowest BCUT2D eigenvalue weighted by Gasteiger charge is -2.15. The molecular formula is C13H21N3O3S. The summed E-state index contributed by atoms with van der Waals surface area (Å²) in [5, 5.41) is 2.67. The Bertz CT molecular complexity index is 597. The number of nitrogens with one attached hydrogen (secondary N) is 1. The molecule has 0 saturated heterocycles. The molecule has 0 aliphatic rings. The summed E-state index contributed by atoms with van der Waals surface area (Å²) in [6.45, 7) is 3.60. The van der Waals surface area contributed by atoms with Crippen molar-refractivity contribution in [1.82, 2.24) is 4.31 Å². The molecule has 112 valence electrons. The molecule has 0 aliphatic carbocycles. The molecule has 0 fully saturated rings. The Morgan fingerprint density at radius 3 is 2.50 bits per heavy atom. The van der Waals surface area contributed by atoms with Crippen molar-refractivity contribution in [3.8, 4) is 0 Å². The van der Waals surface area contributed by atoms with Crippen LogP contribution in [0.2, 0.25) is 0 Å². The van der Waals surface area contributed by atoms with Gasteiger partial charge in [-0.25, -0.2) is 12.7 Å². The Kier molecular flexibility index (Phi) is 5.27. The van der Waals surface area contributed by atoms with Gasteiger partial charge in [-0.05, 0) is 31.0 Å². The van der Waals surface area contributed by atoms with E-state index in [1.807, 2.05) is 6.92 Å². The lowest BCUT2D eigenvalue weighted by molar-refractivity contribution is -0.117. The topological polar surface area (TPSA) is 92.5 Å². The van der Waals surface area contributed by atoms with Crippen LogP contribution < -0.4 is 11.1 Å². The summed E-state index contributed by atoms with van der Waals surface area (Å²) in [4.78, 5) is 11.9. The SMILES string of the molecule is CC[C@@H](N)C(=O)Nc1cc(S(=O)(=O)N(C)C)ccc1C. The Balaban J connectivity index is 3.14. The minimum absolute atomic E-state index is 0.133. The molecule has 0 heterocycles. The molecule has 0 aliphatic heterocycles. The van der Waals surface area contributed by atoms with Gasteiger partial charge < -0.3 is 11.1 Å². The van der Waals surface area contributed by atoms with E-state index in [4.69, 9.17) is 5.73 Å². The Morgan fingerprint density at radius 1 is 1.40 bits per heavy atom. The van der Waals surface area contributed by atoms with Crippen molar-refractivity contribution in [2.45, 2.75) is 31.2 Å². The number of carbonyl (C=O) groups is 1. The summed E-state index contributed by atoms with van der Waals surface area (Å²) in [6.07, 6.45) is 0.514. The zero-order chi connectivity index (χ0) is 15.5. The van der Waals surface area contributed by atoms with Gasteiger partial charge in [0.1, 0.15) is 0 Å². The third kappa shape index (κ3) is 3.56. The van der Waals surface area contributed by atoms with Gasteiger partial charge in [0.15, 0.2) is 0 Å². The number of amides is 1. The highest BCUT2D eigenvalue weighted by Gasteiger charge is 2.19. The van der Waals surface area contributed by atoms with Gasteiger partial charge in [0.05, 0.1) is 10.9 Å². The summed E-state index contributed by atoms with van der Waals surface area (Å²) in [5.41, 5.74) is 6.89. The number of rotatable bonds is 5. The average Bonchev–Trinajstić information content (AvgIpc) is 2.39. The van der Waals surface area contributed by atoms with E-state index in [1.54, 1.807) is 13.0 Å². The molecule has 0 unspecified atom stereocenters. The van der Waals surface area contributed by atoms with E-state index in [9.17, 15) is 13.2 Å². The zero-order valence-corrected chi connectivity index (χ0v) is 13.0. The van der Waals surface area contributed by atoms with Crippen molar-refractivity contribution in [2.75, 3.05) is 19.4 Å². The minimum Gasteiger partial charge on any atom is -0.324 e. The number of nitrogens with zero attached hydrogens (tertiary/aromatic N) is 1. The van der Waals surface area contributed by atoms with Gasteiger partial charge in [-0.1, -0.05) is 13.0 Å². The Morgan fingerprint density at radius 2 is 2.00 bits per heavy atom. The Hall–Kier alpha value is -1.44. The van der Waals surface area contributed by atoms with Gasteiger partial charge in [-0.3, -0.25) is 4.79 Å². The number of benzene rings is 1. The van der Waals surface area contributed by atoms with Crippen LogP contribution in [0.1, 0.15) is 18.9 Å². The molecule has 7 heteroatoms. The normalized spacial score (nSPS) is 13.3. The average molecular weight is 299 g/mol. The largest absolute Gasteiger partial charge is 0.324 e. The molecule has 3 N–H and O–H groups in total. The van der Waals surface area contributed by atoms with Gasteiger partial charge in [0.25, 0.3) is 0 Å². The molecule has 0 spiro atoms. The van der Waals surface area contributed by atoms with Gasteiger partial charge in [-0.2, -0.15) is 0 Å². The van der Waals surface area contributed by atoms with E-state index in [2.05, 4.69) is 5.32 Å². The maximum Gasteiger partial charge on any atom is 0.242 e. The van der Waals surface area contributed by atoms with E-state index < -0.39 is 16.1 Å². The van der Waals surface area contributed by atoms with Crippen LogP contribution in [0.5, 0.6) is 0 Å². The second-order valence-corrected chi connectivity index (χ2v) is 6.92. The van der Waals surface area contributed by atoms with Gasteiger partial charge in [0.2, 0.25) is 15.9 Å². The second kappa shape index (κ2) is 6.34. The molecule has 1 aromatic carbocycles. The van der Waals surface area contributed by atoms with Crippen LogP contribution in [0.3, 0.4) is 0 Å². The first-order valence-corrected chi connectivity index (χ1v) is 7.73. The number of hydrogen-bond donors (Lipinski definition) is 2. The lowest BCUT2D eigenvalue weighted by Crippen LogP contribution is -2.35. The molecule has 1 rings (SSSR count). The maximum atomic E-state index is 12.1. The summed E-state index contributed by atoms with van der Waals surface area (Å²) in [7, 11) is -0.609. The van der Waals surface area contributed by atoms with Crippen molar-refractivity contribution in [1.29, 1.82) is 0 Å². The first-order valence-electron chi connectivity index (χ1n) is 6.29. The number of anilines is 1. The van der Waals surface area contributed by atoms with Gasteiger partial charge in [-0.15, -0.1) is 0 Å². The van der Waals surface area contributed by atoms with Crippen molar-refractivity contribution in [3.63, 3.8) is 0 Å². The molecule has 1 atom stereocenters. The van der Waals surface area contributed by atoms with Crippen molar-refractivity contribution in [2.24, 2.45) is 5.73 Å². The van der Waals surface area contributed by atoms with Gasteiger partial charge in [0, 0.05) is 19.8 Å². The van der Waals surface area contributed by atoms with E-state index in [-0.39, 0.29) is 10.8 Å². The van der Waals surface area contributed by atoms with Gasteiger partial charge >= 0.3 is 0 Å². The Labute approximate surface area is 120 Å². The van der Waals surface area contributed by atoms with Crippen LogP contribution in [-0.2, 0) is 14.8 Å². The van der Waals surface area contributed by atoms with Crippen LogP contribution in [0, 0.1) is 6.92 Å². The summed E-state index contributed by atoms with van der Waals surface area (Å²) in [5.74, 6) is -0.324. The second-order valence-electron chi connectivity index (χ2n) is 4.77. The smallest absolute Gasteiger partial charge is 0.242 e. The summed E-state index contributed by atoms with van der Waals surface area (Å²) < 4.78 is 25.2. The molecule has 1 aromatic rings. The third-order valence-corrected chi connectivity index (χ3v) is 4.83. The summed E-state index contributed by atoms with van der Waals surface area (Å²) >= 11 is 0. The fourth-order valence-corrected chi connectivity index (χ4v) is 2.45. The number of carbonyl (C=O) groups excluding carboxylic acids is 1. The fourth-order valence-electron chi connectivity index (χ4n) is 1.52. The van der Waals surface area contributed by atoms with E-state index >= 15 is 0 Å². The quantitative estimate of drug-likeness (QED) is 0.845. The molecule has 6 nitrogen and oxygen atoms in total. The zero-order valence-electron chi connectivity index (χ0n) is 12.2. The lowest BCUT2D eigenvalue weighted by atomic mass is 10.1. The van der Waals surface area contributed by atoms with E-state index in [1.165, 1.54) is 26.2 Å². The third-order valence-electron chi connectivity index (χ3n) is 3.02. The first kappa shape index (κ1) is 16.6. The number of hydrogen-bond acceptors (Lipinski definition) is 4. The highest BCUT2D eigenvalue weighted by atomic mass is 32.2. The first-order chi connectivity index (χ1) is 9.20. The predicted molar refractivity (Wildman–Crippen MR) is 78.9 cm³/mol. The monoisotopic (exact) mass is 299 g/mol. The predicted octanol–water partition coefficient (Wildman–Crippen LogP) is 0.921. The molecular weight excluding hydrogens is 278 g/mol. The maximum absolute atomic E-state index is 12.1. The number of sulfonamides is 1. The van der Waals surface area contributed by atoms with Crippen LogP contribution in [0.25, 0.3) is 0 Å². The van der Waals surface area contributed by atoms with Crippen molar-refractivity contribution >= 4 is 21.6 Å².